The fourth-order valence-corrected chi connectivity index (χ4v) is 2.04. The highest BCUT2D eigenvalue weighted by Crippen LogP contribution is 2.33. The molecule has 1 aliphatic rings. The molecule has 1 fully saturated rings. The van der Waals surface area contributed by atoms with E-state index in [1.165, 1.54) is 0 Å². The molecule has 0 spiro atoms. The van der Waals surface area contributed by atoms with E-state index in [4.69, 9.17) is 20.9 Å². The smallest absolute Gasteiger partial charge is 0.295 e. The Kier molecular flexibility index (Phi) is 4.66. The summed E-state index contributed by atoms with van der Waals surface area (Å²) < 4.78 is 38.1. The van der Waals surface area contributed by atoms with E-state index in [2.05, 4.69) is 0 Å². The number of aliphatic hydroxyl groups is 1. The van der Waals surface area contributed by atoms with Crippen molar-refractivity contribution < 1.29 is 23.4 Å². The van der Waals surface area contributed by atoms with Crippen LogP contribution < -0.4 is 11.5 Å². The van der Waals surface area contributed by atoms with Crippen LogP contribution in [0.4, 0.5) is 8.78 Å². The summed E-state index contributed by atoms with van der Waals surface area (Å²) in [4.78, 5) is 0. The summed E-state index contributed by atoms with van der Waals surface area (Å²) in [5, 5.41) is 9.48. The van der Waals surface area contributed by atoms with Crippen LogP contribution in [-0.4, -0.2) is 42.1 Å². The summed E-state index contributed by atoms with van der Waals surface area (Å²) >= 11 is 0. The molecule has 0 aliphatic carbocycles. The van der Waals surface area contributed by atoms with Crippen molar-refractivity contribution in [1.29, 1.82) is 0 Å². The predicted molar refractivity (Wildman–Crippen MR) is 67.9 cm³/mol. The second-order valence-corrected chi connectivity index (χ2v) is 4.72. The van der Waals surface area contributed by atoms with E-state index < -0.39 is 30.5 Å². The van der Waals surface area contributed by atoms with Gasteiger partial charge >= 0.3 is 0 Å². The van der Waals surface area contributed by atoms with Gasteiger partial charge in [0.15, 0.2) is 6.29 Å². The summed E-state index contributed by atoms with van der Waals surface area (Å²) in [6.07, 6.45) is -4.55. The molecule has 0 bridgehead atoms. The average molecular weight is 288 g/mol. The molecule has 7 heteroatoms. The Balaban J connectivity index is 2.03. The number of alkyl halides is 2. The molecule has 1 unspecified atom stereocenters. The first kappa shape index (κ1) is 15.3. The van der Waals surface area contributed by atoms with Crippen LogP contribution in [0.5, 0.6) is 0 Å². The Morgan fingerprint density at radius 2 is 1.95 bits per heavy atom. The van der Waals surface area contributed by atoms with Crippen molar-refractivity contribution in [2.45, 2.75) is 37.1 Å². The molecule has 20 heavy (non-hydrogen) atoms. The first-order valence-corrected chi connectivity index (χ1v) is 6.29. The minimum atomic E-state index is -3.51. The van der Waals surface area contributed by atoms with Gasteiger partial charge in [0.25, 0.3) is 5.92 Å². The quantitative estimate of drug-likeness (QED) is 0.737. The zero-order chi connectivity index (χ0) is 14.8. The molecule has 0 amide bonds. The zero-order valence-corrected chi connectivity index (χ0v) is 10.8. The minimum absolute atomic E-state index is 0.0860. The molecule has 0 saturated carbocycles. The normalized spacial score (nSPS) is 33.0. The molecular weight excluding hydrogens is 270 g/mol. The van der Waals surface area contributed by atoms with Crippen LogP contribution in [-0.2, 0) is 16.1 Å². The molecule has 5 N–H and O–H groups in total. The van der Waals surface area contributed by atoms with Crippen molar-refractivity contribution in [3.63, 3.8) is 0 Å². The lowest BCUT2D eigenvalue weighted by Crippen LogP contribution is -2.67. The molecule has 0 radical (unpaired) electrons. The first-order chi connectivity index (χ1) is 9.46. The molecule has 1 aromatic carbocycles. The van der Waals surface area contributed by atoms with Crippen molar-refractivity contribution >= 4 is 0 Å². The lowest BCUT2D eigenvalue weighted by atomic mass is 9.96. The molecular formula is C13H18F2N2O3. The number of rotatable bonds is 4. The fraction of sp³-hybridized carbons (Fsp3) is 0.538. The lowest BCUT2D eigenvalue weighted by molar-refractivity contribution is -0.304. The fourth-order valence-electron chi connectivity index (χ4n) is 2.04. The Morgan fingerprint density at radius 3 is 2.55 bits per heavy atom. The molecule has 1 aliphatic heterocycles. The number of nitrogens with two attached hydrogens (primary N) is 2. The number of hydrogen-bond donors (Lipinski definition) is 3. The highest BCUT2D eigenvalue weighted by atomic mass is 19.3. The average Bonchev–Trinajstić information content (AvgIpc) is 2.46. The number of benzene rings is 1. The van der Waals surface area contributed by atoms with E-state index in [0.717, 1.165) is 5.56 Å². The van der Waals surface area contributed by atoms with E-state index in [0.29, 0.717) is 0 Å². The third-order valence-corrected chi connectivity index (χ3v) is 3.28. The van der Waals surface area contributed by atoms with Crippen LogP contribution in [0.1, 0.15) is 5.56 Å². The van der Waals surface area contributed by atoms with Crippen molar-refractivity contribution in [2.24, 2.45) is 11.5 Å². The van der Waals surface area contributed by atoms with Crippen molar-refractivity contribution in [3.8, 4) is 0 Å². The lowest BCUT2D eigenvalue weighted by Gasteiger charge is -2.42. The molecule has 4 atom stereocenters. The van der Waals surface area contributed by atoms with Gasteiger partial charge < -0.3 is 26.0 Å². The molecule has 2 rings (SSSR count). The van der Waals surface area contributed by atoms with Crippen molar-refractivity contribution in [3.05, 3.63) is 35.9 Å². The summed E-state index contributed by atoms with van der Waals surface area (Å²) in [7, 11) is 0. The van der Waals surface area contributed by atoms with Gasteiger partial charge in [-0.25, -0.2) is 8.78 Å². The summed E-state index contributed by atoms with van der Waals surface area (Å²) in [6.45, 7) is -0.155. The maximum atomic E-state index is 13.8. The van der Waals surface area contributed by atoms with E-state index in [1.54, 1.807) is 24.3 Å². The highest BCUT2D eigenvalue weighted by Gasteiger charge is 2.56. The monoisotopic (exact) mass is 288 g/mol. The largest absolute Gasteiger partial charge is 0.384 e. The first-order valence-electron chi connectivity index (χ1n) is 6.29. The topological polar surface area (TPSA) is 90.7 Å². The zero-order valence-electron chi connectivity index (χ0n) is 10.8. The molecule has 1 heterocycles. The van der Waals surface area contributed by atoms with Gasteiger partial charge in [-0.15, -0.1) is 0 Å². The van der Waals surface area contributed by atoms with Gasteiger partial charge in [-0.2, -0.15) is 0 Å². The Labute approximate surface area is 115 Å². The highest BCUT2D eigenvalue weighted by molar-refractivity contribution is 5.13. The molecule has 1 saturated heterocycles. The molecule has 0 aromatic heterocycles. The number of hydrogen-bond acceptors (Lipinski definition) is 5. The summed E-state index contributed by atoms with van der Waals surface area (Å²) in [5.74, 6) is -3.51. The molecule has 112 valence electrons. The molecule has 5 nitrogen and oxygen atoms in total. The molecule has 1 aromatic rings. The third kappa shape index (κ3) is 2.97. The van der Waals surface area contributed by atoms with Gasteiger partial charge in [0.05, 0.1) is 6.61 Å². The van der Waals surface area contributed by atoms with Crippen molar-refractivity contribution in [2.75, 3.05) is 6.54 Å². The number of halogens is 2. The Hall–Kier alpha value is -1.12. The van der Waals surface area contributed by atoms with Gasteiger partial charge in [-0.3, -0.25) is 0 Å². The standard InChI is InChI=1S/C13H18F2N2O3/c14-13(15)10(17)12(20-9(6-16)11(13)18)19-7-8-4-2-1-3-5-8/h1-5,9-12,18H,6-7,16-17H2/t9-,10+,11-,12?/m1/s1. The predicted octanol–water partition coefficient (Wildman–Crippen LogP) is 0.210. The van der Waals surface area contributed by atoms with Gasteiger partial charge in [-0.05, 0) is 5.56 Å². The van der Waals surface area contributed by atoms with Crippen molar-refractivity contribution in [1.82, 2.24) is 0 Å². The van der Waals surface area contributed by atoms with Crippen LogP contribution in [0.2, 0.25) is 0 Å². The van der Waals surface area contributed by atoms with Crippen LogP contribution in [0.3, 0.4) is 0 Å². The summed E-state index contributed by atoms with van der Waals surface area (Å²) in [6, 6.07) is 7.29. The van der Waals surface area contributed by atoms with Gasteiger partial charge in [0, 0.05) is 6.54 Å². The maximum Gasteiger partial charge on any atom is 0.295 e. The Morgan fingerprint density at radius 1 is 1.30 bits per heavy atom. The second-order valence-electron chi connectivity index (χ2n) is 4.72. The van der Waals surface area contributed by atoms with E-state index in [1.807, 2.05) is 6.07 Å². The number of ether oxygens (including phenoxy) is 2. The van der Waals surface area contributed by atoms with E-state index in [-0.39, 0.29) is 13.2 Å². The van der Waals surface area contributed by atoms with E-state index in [9.17, 15) is 13.9 Å². The van der Waals surface area contributed by atoms with Crippen LogP contribution in [0, 0.1) is 0 Å². The SMILES string of the molecule is NC[C@H]1OC(OCc2ccccc2)[C@H](N)C(F)(F)[C@@H]1O. The Bertz CT molecular complexity index is 433. The van der Waals surface area contributed by atoms with Gasteiger partial charge in [0.1, 0.15) is 18.2 Å². The van der Waals surface area contributed by atoms with Gasteiger partial charge in [0.2, 0.25) is 0 Å². The third-order valence-electron chi connectivity index (χ3n) is 3.28. The van der Waals surface area contributed by atoms with Crippen LogP contribution in [0.15, 0.2) is 30.3 Å². The van der Waals surface area contributed by atoms with Crippen LogP contribution in [0.25, 0.3) is 0 Å². The second kappa shape index (κ2) is 6.11. The summed E-state index contributed by atoms with van der Waals surface area (Å²) in [5.41, 5.74) is 11.5. The van der Waals surface area contributed by atoms with E-state index >= 15 is 0 Å². The number of aliphatic hydroxyl groups excluding tert-OH is 1. The van der Waals surface area contributed by atoms with Crippen LogP contribution >= 0.6 is 0 Å². The minimum Gasteiger partial charge on any atom is -0.384 e. The van der Waals surface area contributed by atoms with Gasteiger partial charge in [-0.1, -0.05) is 30.3 Å². The maximum absolute atomic E-state index is 13.8.